The van der Waals surface area contributed by atoms with E-state index in [1.165, 1.54) is 11.3 Å². The molecule has 1 aromatic heterocycles. The average Bonchev–Trinajstić information content (AvgIpc) is 2.32. The van der Waals surface area contributed by atoms with Gasteiger partial charge in [-0.2, -0.15) is 0 Å². The van der Waals surface area contributed by atoms with Crippen molar-refractivity contribution in [3.05, 3.63) is 5.01 Å². The summed E-state index contributed by atoms with van der Waals surface area (Å²) in [6.45, 7) is 1.94. The van der Waals surface area contributed by atoms with E-state index in [1.54, 1.807) is 0 Å². The number of hydrogen-bond donors (Lipinski definition) is 1. The highest BCUT2D eigenvalue weighted by atomic mass is 32.2. The van der Waals surface area contributed by atoms with Gasteiger partial charge in [0, 0.05) is 0 Å². The number of rotatable bonds is 3. The average molecular weight is 207 g/mol. The van der Waals surface area contributed by atoms with E-state index in [0.717, 1.165) is 17.7 Å². The maximum atomic E-state index is 10.7. The molecule has 0 amide bonds. The fraction of sp³-hybridized carbons (Fsp3) is 0.600. The Morgan fingerprint density at radius 3 is 2.58 bits per heavy atom. The molecule has 0 aromatic carbocycles. The summed E-state index contributed by atoms with van der Waals surface area (Å²) in [6, 6.07) is 0. The van der Waals surface area contributed by atoms with E-state index in [1.807, 2.05) is 6.92 Å². The van der Waals surface area contributed by atoms with Gasteiger partial charge in [0.2, 0.25) is 15.2 Å². The van der Waals surface area contributed by atoms with Gasteiger partial charge in [-0.1, -0.05) is 18.3 Å². The number of aromatic nitrogens is 2. The van der Waals surface area contributed by atoms with Gasteiger partial charge in [0.25, 0.3) is 0 Å². The van der Waals surface area contributed by atoms with E-state index in [-0.39, 0.29) is 0 Å². The van der Waals surface area contributed by atoms with Crippen LogP contribution in [-0.4, -0.2) is 24.9 Å². The number of nitrogens with zero attached hydrogens (tertiary/aromatic N) is 2. The Morgan fingerprint density at radius 2 is 2.17 bits per heavy atom. The van der Waals surface area contributed by atoms with Crippen LogP contribution in [0.3, 0.4) is 0 Å². The summed E-state index contributed by atoms with van der Waals surface area (Å²) in [5, 5.41) is 8.56. The molecule has 0 fully saturated rings. The summed E-state index contributed by atoms with van der Waals surface area (Å²) in [7, 11) is -3.21. The number of sulfonamides is 1. The summed E-state index contributed by atoms with van der Waals surface area (Å²) in [4.78, 5) is 0. The third-order valence-corrected chi connectivity index (χ3v) is 2.72. The molecular weight excluding hydrogens is 198 g/mol. The third kappa shape index (κ3) is 2.74. The van der Waals surface area contributed by atoms with E-state index >= 15 is 0 Å². The first kappa shape index (κ1) is 9.40. The second-order valence-electron chi connectivity index (χ2n) is 2.23. The van der Waals surface area contributed by atoms with E-state index in [9.17, 15) is 8.42 Å². The molecule has 0 aliphatic heterocycles. The van der Waals surface area contributed by atoms with Gasteiger partial charge >= 0.3 is 0 Å². The highest BCUT2D eigenvalue weighted by Gasteiger charge is 2.06. The third-order valence-electron chi connectivity index (χ3n) is 1.04. The van der Waals surface area contributed by atoms with Crippen LogP contribution in [0.25, 0.3) is 0 Å². The van der Waals surface area contributed by atoms with Crippen LogP contribution in [0.2, 0.25) is 0 Å². The molecular formula is C5H9N3O2S2. The molecule has 0 spiro atoms. The first-order chi connectivity index (χ1) is 5.51. The fourth-order valence-corrected chi connectivity index (χ4v) is 2.11. The molecule has 0 unspecified atom stereocenters. The van der Waals surface area contributed by atoms with Crippen molar-refractivity contribution in [2.45, 2.75) is 13.3 Å². The molecule has 1 aromatic rings. The molecule has 5 nitrogen and oxygen atoms in total. The minimum atomic E-state index is -3.21. The normalized spacial score (nSPS) is 11.5. The number of nitrogens with one attached hydrogen (secondary N) is 1. The van der Waals surface area contributed by atoms with Crippen molar-refractivity contribution < 1.29 is 8.42 Å². The van der Waals surface area contributed by atoms with Gasteiger partial charge in [-0.25, -0.2) is 8.42 Å². The van der Waals surface area contributed by atoms with Gasteiger partial charge in [-0.05, 0) is 6.42 Å². The van der Waals surface area contributed by atoms with Crippen LogP contribution < -0.4 is 4.72 Å². The van der Waals surface area contributed by atoms with E-state index in [0.29, 0.717) is 5.13 Å². The monoisotopic (exact) mass is 207 g/mol. The number of hydrogen-bond acceptors (Lipinski definition) is 5. The predicted molar refractivity (Wildman–Crippen MR) is 47.8 cm³/mol. The number of anilines is 1. The van der Waals surface area contributed by atoms with Crippen molar-refractivity contribution in [3.8, 4) is 0 Å². The molecule has 0 aliphatic rings. The van der Waals surface area contributed by atoms with E-state index in [4.69, 9.17) is 0 Å². The standard InChI is InChI=1S/C5H9N3O2S2/c1-3-4-6-7-5(11-4)8-12(2,9)10/h3H2,1-2H3,(H,7,8). The van der Waals surface area contributed by atoms with E-state index < -0.39 is 10.0 Å². The molecule has 0 saturated carbocycles. The zero-order valence-corrected chi connectivity index (χ0v) is 8.37. The molecule has 0 saturated heterocycles. The molecule has 12 heavy (non-hydrogen) atoms. The van der Waals surface area contributed by atoms with Gasteiger partial charge in [-0.3, -0.25) is 4.72 Å². The quantitative estimate of drug-likeness (QED) is 0.782. The Hall–Kier alpha value is -0.690. The zero-order valence-electron chi connectivity index (χ0n) is 6.73. The fourth-order valence-electron chi connectivity index (χ4n) is 0.596. The van der Waals surface area contributed by atoms with Crippen LogP contribution in [0.15, 0.2) is 0 Å². The molecule has 1 heterocycles. The molecule has 1 rings (SSSR count). The molecule has 0 bridgehead atoms. The van der Waals surface area contributed by atoms with Gasteiger partial charge in [-0.15, -0.1) is 10.2 Å². The molecule has 0 aliphatic carbocycles. The van der Waals surface area contributed by atoms with Crippen molar-refractivity contribution in [2.24, 2.45) is 0 Å². The smallest absolute Gasteiger partial charge is 0.231 e. The van der Waals surface area contributed by atoms with E-state index in [2.05, 4.69) is 14.9 Å². The van der Waals surface area contributed by atoms with Gasteiger partial charge in [0.15, 0.2) is 0 Å². The highest BCUT2D eigenvalue weighted by molar-refractivity contribution is 7.92. The van der Waals surface area contributed by atoms with Crippen LogP contribution in [0.5, 0.6) is 0 Å². The largest absolute Gasteiger partial charge is 0.257 e. The summed E-state index contributed by atoms with van der Waals surface area (Å²) in [5.74, 6) is 0. The lowest BCUT2D eigenvalue weighted by Gasteiger charge is -1.94. The summed E-state index contributed by atoms with van der Waals surface area (Å²) < 4.78 is 23.7. The summed E-state index contributed by atoms with van der Waals surface area (Å²) in [5.41, 5.74) is 0. The van der Waals surface area contributed by atoms with Gasteiger partial charge in [0.05, 0.1) is 6.26 Å². The minimum Gasteiger partial charge on any atom is -0.257 e. The van der Waals surface area contributed by atoms with Crippen molar-refractivity contribution in [1.82, 2.24) is 10.2 Å². The van der Waals surface area contributed by atoms with Gasteiger partial charge in [0.1, 0.15) is 5.01 Å². The van der Waals surface area contributed by atoms with Crippen molar-refractivity contribution >= 4 is 26.5 Å². The van der Waals surface area contributed by atoms with Gasteiger partial charge < -0.3 is 0 Å². The van der Waals surface area contributed by atoms with Crippen LogP contribution >= 0.6 is 11.3 Å². The van der Waals surface area contributed by atoms with Crippen LogP contribution in [0, 0.1) is 0 Å². The van der Waals surface area contributed by atoms with Crippen LogP contribution in [0.4, 0.5) is 5.13 Å². The van der Waals surface area contributed by atoms with Crippen molar-refractivity contribution in [2.75, 3.05) is 11.0 Å². The first-order valence-corrected chi connectivity index (χ1v) is 6.02. The lowest BCUT2D eigenvalue weighted by atomic mass is 10.5. The maximum Gasteiger partial charge on any atom is 0.231 e. The second kappa shape index (κ2) is 3.36. The second-order valence-corrected chi connectivity index (χ2v) is 5.04. The van der Waals surface area contributed by atoms with Crippen LogP contribution in [-0.2, 0) is 16.4 Å². The Bertz CT molecular complexity index is 357. The Labute approximate surface area is 74.9 Å². The van der Waals surface area contributed by atoms with Crippen LogP contribution in [0.1, 0.15) is 11.9 Å². The first-order valence-electron chi connectivity index (χ1n) is 3.31. The molecule has 7 heteroatoms. The maximum absolute atomic E-state index is 10.7. The predicted octanol–water partition coefficient (Wildman–Crippen LogP) is 0.472. The number of aryl methyl sites for hydroxylation is 1. The molecule has 0 radical (unpaired) electrons. The lowest BCUT2D eigenvalue weighted by molar-refractivity contribution is 0.606. The molecule has 68 valence electrons. The lowest BCUT2D eigenvalue weighted by Crippen LogP contribution is -2.08. The minimum absolute atomic E-state index is 0.328. The topological polar surface area (TPSA) is 72.0 Å². The highest BCUT2D eigenvalue weighted by Crippen LogP contribution is 2.15. The Kier molecular flexibility index (Phi) is 2.63. The zero-order chi connectivity index (χ0) is 9.19. The van der Waals surface area contributed by atoms with Crippen molar-refractivity contribution in [3.63, 3.8) is 0 Å². The van der Waals surface area contributed by atoms with Crippen molar-refractivity contribution in [1.29, 1.82) is 0 Å². The summed E-state index contributed by atoms with van der Waals surface area (Å²) in [6.07, 6.45) is 1.85. The SMILES string of the molecule is CCc1nnc(NS(C)(=O)=O)s1. The Morgan fingerprint density at radius 1 is 1.50 bits per heavy atom. The molecule has 1 N–H and O–H groups in total. The molecule has 0 atom stereocenters. The Balaban J connectivity index is 2.78. The summed E-state index contributed by atoms with van der Waals surface area (Å²) >= 11 is 1.25.